The Balaban J connectivity index is 1.58. The first-order chi connectivity index (χ1) is 18.4. The maximum atomic E-state index is 11.9. The number of aryl methyl sites for hydroxylation is 1. The quantitative estimate of drug-likeness (QED) is 0.226. The summed E-state index contributed by atoms with van der Waals surface area (Å²) < 4.78 is 10.1. The standard InChI is InChI=1S/C28H28N6O4/c1-4-37-24(35)19-9-13-21(14-10-19)29-26-32-27(30-22-15-11-20(12-16-22)25(36)38-5-2)34-28(33-26)31-23-8-6-7-18(3)17-23/h6-17H,4-5H2,1-3H3,(H3,29,30,31,32,33,34). The lowest BCUT2D eigenvalue weighted by atomic mass is 10.2. The van der Waals surface area contributed by atoms with Crippen LogP contribution in [0.25, 0.3) is 0 Å². The Morgan fingerprint density at radius 1 is 0.632 bits per heavy atom. The van der Waals surface area contributed by atoms with E-state index < -0.39 is 0 Å². The van der Waals surface area contributed by atoms with E-state index in [9.17, 15) is 9.59 Å². The zero-order chi connectivity index (χ0) is 26.9. The number of carbonyl (C=O) groups excluding carboxylic acids is 2. The van der Waals surface area contributed by atoms with Crippen molar-refractivity contribution in [1.29, 1.82) is 0 Å². The molecule has 0 aliphatic carbocycles. The largest absolute Gasteiger partial charge is 0.462 e. The fraction of sp³-hybridized carbons (Fsp3) is 0.179. The van der Waals surface area contributed by atoms with Crippen molar-refractivity contribution in [2.75, 3.05) is 29.2 Å². The molecular weight excluding hydrogens is 484 g/mol. The highest BCUT2D eigenvalue weighted by Crippen LogP contribution is 2.22. The third kappa shape index (κ3) is 7.03. The maximum Gasteiger partial charge on any atom is 0.338 e. The van der Waals surface area contributed by atoms with Crippen molar-refractivity contribution in [3.63, 3.8) is 0 Å². The second-order valence-electron chi connectivity index (χ2n) is 8.15. The summed E-state index contributed by atoms with van der Waals surface area (Å²) in [6.07, 6.45) is 0. The van der Waals surface area contributed by atoms with Crippen molar-refractivity contribution >= 4 is 46.8 Å². The van der Waals surface area contributed by atoms with Crippen molar-refractivity contribution in [2.45, 2.75) is 20.8 Å². The van der Waals surface area contributed by atoms with E-state index in [2.05, 4.69) is 30.9 Å². The molecule has 0 saturated carbocycles. The number of hydrogen-bond donors (Lipinski definition) is 3. The van der Waals surface area contributed by atoms with Crippen LogP contribution in [-0.4, -0.2) is 40.1 Å². The summed E-state index contributed by atoms with van der Waals surface area (Å²) in [5.74, 6) is 0.116. The molecule has 4 aromatic rings. The summed E-state index contributed by atoms with van der Waals surface area (Å²) in [5, 5.41) is 9.51. The van der Waals surface area contributed by atoms with E-state index in [4.69, 9.17) is 9.47 Å². The number of rotatable bonds is 10. The van der Waals surface area contributed by atoms with E-state index in [1.807, 2.05) is 31.2 Å². The predicted octanol–water partition coefficient (Wildman–Crippen LogP) is 5.76. The molecule has 0 atom stereocenters. The van der Waals surface area contributed by atoms with Crippen LogP contribution in [0.2, 0.25) is 0 Å². The summed E-state index contributed by atoms with van der Waals surface area (Å²) in [5.41, 5.74) is 4.16. The van der Waals surface area contributed by atoms with Crippen LogP contribution in [0.3, 0.4) is 0 Å². The zero-order valence-corrected chi connectivity index (χ0v) is 21.3. The van der Waals surface area contributed by atoms with E-state index in [-0.39, 0.29) is 23.8 Å². The van der Waals surface area contributed by atoms with Crippen LogP contribution in [0.15, 0.2) is 72.8 Å². The number of carbonyl (C=O) groups is 2. The Hall–Kier alpha value is -4.99. The Morgan fingerprint density at radius 3 is 1.45 bits per heavy atom. The van der Waals surface area contributed by atoms with Gasteiger partial charge < -0.3 is 25.4 Å². The van der Waals surface area contributed by atoms with Gasteiger partial charge >= 0.3 is 11.9 Å². The first-order valence-corrected chi connectivity index (χ1v) is 12.1. The van der Waals surface area contributed by atoms with Gasteiger partial charge in [0.15, 0.2) is 0 Å². The second kappa shape index (κ2) is 12.3. The van der Waals surface area contributed by atoms with Gasteiger partial charge in [0.25, 0.3) is 0 Å². The summed E-state index contributed by atoms with van der Waals surface area (Å²) in [6, 6.07) is 21.5. The Labute approximate surface area is 220 Å². The molecule has 0 fully saturated rings. The molecule has 0 bridgehead atoms. The first kappa shape index (κ1) is 26.1. The monoisotopic (exact) mass is 512 g/mol. The van der Waals surface area contributed by atoms with Gasteiger partial charge in [-0.05, 0) is 87.0 Å². The van der Waals surface area contributed by atoms with Crippen molar-refractivity contribution in [3.8, 4) is 0 Å². The molecule has 0 aliphatic rings. The number of ether oxygens (including phenoxy) is 2. The molecule has 1 heterocycles. The van der Waals surface area contributed by atoms with E-state index in [0.717, 1.165) is 11.3 Å². The summed E-state index contributed by atoms with van der Waals surface area (Å²) in [4.78, 5) is 37.4. The average Bonchev–Trinajstić information content (AvgIpc) is 2.90. The Bertz CT molecular complexity index is 1330. The molecule has 0 aliphatic heterocycles. The predicted molar refractivity (Wildman–Crippen MR) is 146 cm³/mol. The molecule has 0 amide bonds. The average molecular weight is 513 g/mol. The van der Waals surface area contributed by atoms with Crippen molar-refractivity contribution in [2.24, 2.45) is 0 Å². The zero-order valence-electron chi connectivity index (χ0n) is 21.3. The SMILES string of the molecule is CCOC(=O)c1ccc(Nc2nc(Nc3ccc(C(=O)OCC)cc3)nc(Nc3cccc(C)c3)n2)cc1. The number of aromatic nitrogens is 3. The van der Waals surface area contributed by atoms with E-state index in [1.54, 1.807) is 62.4 Å². The maximum absolute atomic E-state index is 11.9. The molecule has 0 radical (unpaired) electrons. The molecule has 0 saturated heterocycles. The number of nitrogens with one attached hydrogen (secondary N) is 3. The van der Waals surface area contributed by atoms with Crippen molar-refractivity contribution in [1.82, 2.24) is 15.0 Å². The van der Waals surface area contributed by atoms with E-state index >= 15 is 0 Å². The number of benzene rings is 3. The van der Waals surface area contributed by atoms with Gasteiger partial charge in [-0.15, -0.1) is 0 Å². The van der Waals surface area contributed by atoms with Gasteiger partial charge in [0, 0.05) is 17.1 Å². The minimum Gasteiger partial charge on any atom is -0.462 e. The molecule has 3 N–H and O–H groups in total. The fourth-order valence-corrected chi connectivity index (χ4v) is 3.46. The lowest BCUT2D eigenvalue weighted by Gasteiger charge is -2.12. The molecule has 10 heteroatoms. The molecule has 4 rings (SSSR count). The fourth-order valence-electron chi connectivity index (χ4n) is 3.46. The van der Waals surface area contributed by atoms with Crippen LogP contribution in [0.1, 0.15) is 40.1 Å². The van der Waals surface area contributed by atoms with Gasteiger partial charge in [-0.25, -0.2) is 9.59 Å². The summed E-state index contributed by atoms with van der Waals surface area (Å²) in [7, 11) is 0. The molecule has 10 nitrogen and oxygen atoms in total. The van der Waals surface area contributed by atoms with Crippen molar-refractivity contribution in [3.05, 3.63) is 89.5 Å². The highest BCUT2D eigenvalue weighted by Gasteiger charge is 2.11. The minimum atomic E-state index is -0.385. The van der Waals surface area contributed by atoms with E-state index in [0.29, 0.717) is 41.7 Å². The van der Waals surface area contributed by atoms with Gasteiger partial charge in [0.05, 0.1) is 24.3 Å². The third-order valence-corrected chi connectivity index (χ3v) is 5.21. The number of hydrogen-bond acceptors (Lipinski definition) is 10. The lowest BCUT2D eigenvalue weighted by molar-refractivity contribution is 0.0517. The molecule has 3 aromatic carbocycles. The van der Waals surface area contributed by atoms with Crippen LogP contribution in [0.4, 0.5) is 34.9 Å². The number of nitrogens with zero attached hydrogens (tertiary/aromatic N) is 3. The minimum absolute atomic E-state index is 0.282. The molecule has 0 spiro atoms. The van der Waals surface area contributed by atoms with Gasteiger partial charge in [-0.3, -0.25) is 0 Å². The highest BCUT2D eigenvalue weighted by atomic mass is 16.5. The van der Waals surface area contributed by atoms with Crippen LogP contribution < -0.4 is 16.0 Å². The van der Waals surface area contributed by atoms with Gasteiger partial charge in [0.1, 0.15) is 0 Å². The highest BCUT2D eigenvalue weighted by molar-refractivity contribution is 5.90. The van der Waals surface area contributed by atoms with Gasteiger partial charge in [-0.1, -0.05) is 12.1 Å². The molecule has 194 valence electrons. The van der Waals surface area contributed by atoms with Crippen LogP contribution in [-0.2, 0) is 9.47 Å². The second-order valence-corrected chi connectivity index (χ2v) is 8.15. The van der Waals surface area contributed by atoms with Crippen LogP contribution in [0, 0.1) is 6.92 Å². The normalized spacial score (nSPS) is 10.4. The smallest absolute Gasteiger partial charge is 0.338 e. The van der Waals surface area contributed by atoms with Crippen molar-refractivity contribution < 1.29 is 19.1 Å². The molecule has 1 aromatic heterocycles. The first-order valence-electron chi connectivity index (χ1n) is 12.1. The van der Waals surface area contributed by atoms with Gasteiger partial charge in [0.2, 0.25) is 17.8 Å². The summed E-state index contributed by atoms with van der Waals surface area (Å²) >= 11 is 0. The Kier molecular flexibility index (Phi) is 8.45. The third-order valence-electron chi connectivity index (χ3n) is 5.21. The topological polar surface area (TPSA) is 127 Å². The van der Waals surface area contributed by atoms with Crippen LogP contribution in [0.5, 0.6) is 0 Å². The molecular formula is C28H28N6O4. The number of anilines is 6. The summed E-state index contributed by atoms with van der Waals surface area (Å²) in [6.45, 7) is 6.14. The Morgan fingerprint density at radius 2 is 1.05 bits per heavy atom. The van der Waals surface area contributed by atoms with Crippen LogP contribution >= 0.6 is 0 Å². The van der Waals surface area contributed by atoms with Gasteiger partial charge in [-0.2, -0.15) is 15.0 Å². The molecule has 0 unspecified atom stereocenters. The van der Waals surface area contributed by atoms with E-state index in [1.165, 1.54) is 0 Å². The molecule has 38 heavy (non-hydrogen) atoms. The number of esters is 2. The lowest BCUT2D eigenvalue weighted by Crippen LogP contribution is -2.08.